The van der Waals surface area contributed by atoms with E-state index in [4.69, 9.17) is 0 Å². The van der Waals surface area contributed by atoms with Crippen LogP contribution < -0.4 is 5.32 Å². The molecule has 0 spiro atoms. The number of aliphatic carboxylic acids is 1. The van der Waals surface area contributed by atoms with Crippen LogP contribution >= 0.6 is 0 Å². The molecule has 4 fully saturated rings. The number of amides is 1. The minimum absolute atomic E-state index is 0.0629. The van der Waals surface area contributed by atoms with Crippen LogP contribution in [0.4, 0.5) is 0 Å². The first-order valence-electron chi connectivity index (χ1n) is 8.97. The van der Waals surface area contributed by atoms with Crippen LogP contribution in [0.2, 0.25) is 0 Å². The number of nitrogens with one attached hydrogen (secondary N) is 1. The molecule has 0 saturated heterocycles. The van der Waals surface area contributed by atoms with Crippen molar-refractivity contribution < 1.29 is 14.7 Å². The highest BCUT2D eigenvalue weighted by Gasteiger charge is 2.53. The first-order chi connectivity index (χ1) is 11.4. The smallest absolute Gasteiger partial charge is 0.309 e. The molecule has 2 bridgehead atoms. The Labute approximate surface area is 141 Å². The molecule has 1 heterocycles. The van der Waals surface area contributed by atoms with Gasteiger partial charge in [0.2, 0.25) is 0 Å². The maximum atomic E-state index is 12.8. The molecule has 24 heavy (non-hydrogen) atoms. The quantitative estimate of drug-likeness (QED) is 0.890. The number of hydrogen-bond acceptors (Lipinski definition) is 3. The Morgan fingerprint density at radius 1 is 1.12 bits per heavy atom. The fourth-order valence-corrected chi connectivity index (χ4v) is 4.43. The average molecular weight is 328 g/mol. The second kappa shape index (κ2) is 5.30. The van der Waals surface area contributed by atoms with Crippen molar-refractivity contribution >= 4 is 11.9 Å². The number of carbonyl (C=O) groups excluding carboxylic acids is 1. The van der Waals surface area contributed by atoms with Gasteiger partial charge < -0.3 is 10.4 Å². The first-order valence-corrected chi connectivity index (χ1v) is 8.97. The molecule has 1 aromatic heterocycles. The summed E-state index contributed by atoms with van der Waals surface area (Å²) in [5.41, 5.74) is 1.77. The van der Waals surface area contributed by atoms with Crippen LogP contribution in [0.15, 0.2) is 12.1 Å². The molecule has 4 aliphatic rings. The maximum Gasteiger partial charge on any atom is 0.309 e. The van der Waals surface area contributed by atoms with Gasteiger partial charge in [0.25, 0.3) is 5.91 Å². The van der Waals surface area contributed by atoms with Crippen molar-refractivity contribution in [1.82, 2.24) is 10.3 Å². The lowest BCUT2D eigenvalue weighted by Gasteiger charge is -2.51. The van der Waals surface area contributed by atoms with Crippen molar-refractivity contribution in [2.24, 2.45) is 5.41 Å². The summed E-state index contributed by atoms with van der Waals surface area (Å²) in [6.07, 6.45) is 6.69. The van der Waals surface area contributed by atoms with Gasteiger partial charge in [-0.2, -0.15) is 0 Å². The lowest BCUT2D eigenvalue weighted by Crippen LogP contribution is -2.58. The molecule has 5 nitrogen and oxygen atoms in total. The second-order valence-corrected chi connectivity index (χ2v) is 7.96. The molecule has 5 rings (SSSR count). The zero-order valence-electron chi connectivity index (χ0n) is 14.1. The Balaban J connectivity index is 1.48. The molecule has 0 radical (unpaired) electrons. The van der Waals surface area contributed by atoms with Crippen molar-refractivity contribution in [3.05, 3.63) is 29.1 Å². The maximum absolute atomic E-state index is 12.8. The highest BCUT2D eigenvalue weighted by Crippen LogP contribution is 2.52. The van der Waals surface area contributed by atoms with Gasteiger partial charge in [-0.15, -0.1) is 0 Å². The number of hydrogen-bond donors (Lipinski definition) is 2. The van der Waals surface area contributed by atoms with Crippen molar-refractivity contribution in [3.8, 4) is 0 Å². The minimum atomic E-state index is -0.669. The standard InChI is InChI=1S/C19H24N2O3/c1-12-14(4-5-15(20-12)13-2-3-13)16(22)21-19-9-6-18(7-10-19,8-11-19)17(23)24/h4-5,13H,2-3,6-11H2,1H3,(H,21,22)(H,23,24). The van der Waals surface area contributed by atoms with Crippen LogP contribution in [0, 0.1) is 12.3 Å². The lowest BCUT2D eigenvalue weighted by molar-refractivity contribution is -0.156. The van der Waals surface area contributed by atoms with Crippen molar-refractivity contribution in [2.75, 3.05) is 0 Å². The van der Waals surface area contributed by atoms with E-state index >= 15 is 0 Å². The molecule has 128 valence electrons. The Hall–Kier alpha value is -1.91. The Bertz CT molecular complexity index is 684. The van der Waals surface area contributed by atoms with Crippen LogP contribution in [-0.4, -0.2) is 27.5 Å². The van der Waals surface area contributed by atoms with Gasteiger partial charge in [-0.25, -0.2) is 0 Å². The number of aryl methyl sites for hydroxylation is 1. The molecule has 0 aromatic carbocycles. The van der Waals surface area contributed by atoms with E-state index in [9.17, 15) is 14.7 Å². The van der Waals surface area contributed by atoms with Gasteiger partial charge >= 0.3 is 5.97 Å². The van der Waals surface area contributed by atoms with E-state index < -0.39 is 11.4 Å². The molecule has 5 heteroatoms. The topological polar surface area (TPSA) is 79.3 Å². The normalized spacial score (nSPS) is 31.7. The lowest BCUT2D eigenvalue weighted by atomic mass is 9.57. The van der Waals surface area contributed by atoms with E-state index in [1.165, 1.54) is 12.8 Å². The van der Waals surface area contributed by atoms with E-state index in [2.05, 4.69) is 10.3 Å². The molecule has 0 aliphatic heterocycles. The fraction of sp³-hybridized carbons (Fsp3) is 0.632. The average Bonchev–Trinajstić information content (AvgIpc) is 3.41. The minimum Gasteiger partial charge on any atom is -0.481 e. The number of fused-ring (bicyclic) bond motifs is 3. The summed E-state index contributed by atoms with van der Waals surface area (Å²) >= 11 is 0. The van der Waals surface area contributed by atoms with Gasteiger partial charge in [-0.1, -0.05) is 0 Å². The molecule has 1 amide bonds. The third kappa shape index (κ3) is 2.50. The third-order valence-electron chi connectivity index (χ3n) is 6.43. The third-order valence-corrected chi connectivity index (χ3v) is 6.43. The van der Waals surface area contributed by atoms with Crippen LogP contribution in [0.5, 0.6) is 0 Å². The summed E-state index contributed by atoms with van der Waals surface area (Å²) in [7, 11) is 0. The summed E-state index contributed by atoms with van der Waals surface area (Å²) in [6.45, 7) is 1.90. The highest BCUT2D eigenvalue weighted by atomic mass is 16.4. The zero-order chi connectivity index (χ0) is 16.9. The first kappa shape index (κ1) is 15.6. The molecule has 2 N–H and O–H groups in total. The Morgan fingerprint density at radius 3 is 2.25 bits per heavy atom. The summed E-state index contributed by atoms with van der Waals surface area (Å²) in [5.74, 6) is -0.148. The Morgan fingerprint density at radius 2 is 1.75 bits per heavy atom. The summed E-state index contributed by atoms with van der Waals surface area (Å²) in [4.78, 5) is 28.9. The van der Waals surface area contributed by atoms with Crippen LogP contribution in [0.3, 0.4) is 0 Å². The van der Waals surface area contributed by atoms with Gasteiger partial charge in [0, 0.05) is 17.2 Å². The summed E-state index contributed by atoms with van der Waals surface area (Å²) < 4.78 is 0. The predicted octanol–water partition coefficient (Wildman–Crippen LogP) is 3.17. The van der Waals surface area contributed by atoms with E-state index in [1.54, 1.807) is 0 Å². The number of carboxylic acids is 1. The van der Waals surface area contributed by atoms with Crippen LogP contribution in [0.25, 0.3) is 0 Å². The van der Waals surface area contributed by atoms with Crippen molar-refractivity contribution in [3.63, 3.8) is 0 Å². The number of rotatable bonds is 4. The number of pyridine rings is 1. The van der Waals surface area contributed by atoms with E-state index in [0.29, 0.717) is 30.7 Å². The fourth-order valence-electron chi connectivity index (χ4n) is 4.43. The van der Waals surface area contributed by atoms with Crippen LogP contribution in [-0.2, 0) is 4.79 Å². The molecule has 4 saturated carbocycles. The Kier molecular flexibility index (Phi) is 3.44. The molecule has 0 unspecified atom stereocenters. The summed E-state index contributed by atoms with van der Waals surface area (Å²) in [6, 6.07) is 3.88. The second-order valence-electron chi connectivity index (χ2n) is 7.96. The number of aromatic nitrogens is 1. The van der Waals surface area contributed by atoms with Gasteiger partial charge in [-0.3, -0.25) is 14.6 Å². The van der Waals surface area contributed by atoms with E-state index in [-0.39, 0.29) is 11.4 Å². The monoisotopic (exact) mass is 328 g/mol. The van der Waals surface area contributed by atoms with E-state index in [0.717, 1.165) is 30.7 Å². The van der Waals surface area contributed by atoms with Crippen LogP contribution in [0.1, 0.15) is 79.0 Å². The van der Waals surface area contributed by atoms with E-state index in [1.807, 2.05) is 19.1 Å². The van der Waals surface area contributed by atoms with Gasteiger partial charge in [0.05, 0.1) is 16.7 Å². The number of nitrogens with zero attached hydrogens (tertiary/aromatic N) is 1. The zero-order valence-corrected chi connectivity index (χ0v) is 14.1. The SMILES string of the molecule is Cc1nc(C2CC2)ccc1C(=O)NC12CCC(C(=O)O)(CC1)CC2. The molecule has 0 atom stereocenters. The highest BCUT2D eigenvalue weighted by molar-refractivity contribution is 5.95. The summed E-state index contributed by atoms with van der Waals surface area (Å²) in [5, 5.41) is 12.7. The molecular weight excluding hydrogens is 304 g/mol. The van der Waals surface area contributed by atoms with Crippen molar-refractivity contribution in [2.45, 2.75) is 69.7 Å². The van der Waals surface area contributed by atoms with Crippen molar-refractivity contribution in [1.29, 1.82) is 0 Å². The largest absolute Gasteiger partial charge is 0.481 e. The van der Waals surface area contributed by atoms with Gasteiger partial charge in [-0.05, 0) is 70.4 Å². The molecule has 1 aromatic rings. The predicted molar refractivity (Wildman–Crippen MR) is 88.9 cm³/mol. The van der Waals surface area contributed by atoms with Gasteiger partial charge in [0.15, 0.2) is 0 Å². The number of carbonyl (C=O) groups is 2. The van der Waals surface area contributed by atoms with Gasteiger partial charge in [0.1, 0.15) is 0 Å². The number of carboxylic acid groups (broad SMARTS) is 1. The molecule has 4 aliphatic carbocycles. The molecular formula is C19H24N2O3.